The van der Waals surface area contributed by atoms with Crippen LogP contribution >= 0.6 is 23.2 Å². The molecule has 0 aliphatic heterocycles. The monoisotopic (exact) mass is 274 g/mol. The Morgan fingerprint density at radius 3 is 2.47 bits per heavy atom. The standard InChI is InChI=1S/C12H16Cl2N2O/c1-4-9(5-2)16(3)12(17)8-6-10(13)11(14)15-7-8/h6-7,9H,4-5H2,1-3H3. The minimum absolute atomic E-state index is 0.0789. The highest BCUT2D eigenvalue weighted by molar-refractivity contribution is 6.41. The molecule has 0 unspecified atom stereocenters. The molecule has 17 heavy (non-hydrogen) atoms. The number of nitrogens with zero attached hydrogens (tertiary/aromatic N) is 2. The van der Waals surface area contributed by atoms with E-state index in [0.29, 0.717) is 10.6 Å². The molecule has 1 heterocycles. The maximum Gasteiger partial charge on any atom is 0.255 e. The van der Waals surface area contributed by atoms with Gasteiger partial charge in [-0.15, -0.1) is 0 Å². The maximum absolute atomic E-state index is 12.2. The number of carbonyl (C=O) groups is 1. The summed E-state index contributed by atoms with van der Waals surface area (Å²) in [7, 11) is 1.79. The number of pyridine rings is 1. The molecule has 0 aliphatic rings. The summed E-state index contributed by atoms with van der Waals surface area (Å²) >= 11 is 11.6. The molecule has 0 atom stereocenters. The van der Waals surface area contributed by atoms with Gasteiger partial charge in [0.05, 0.1) is 10.6 Å². The van der Waals surface area contributed by atoms with E-state index in [0.717, 1.165) is 12.8 Å². The summed E-state index contributed by atoms with van der Waals surface area (Å²) in [6.45, 7) is 4.12. The van der Waals surface area contributed by atoms with Gasteiger partial charge < -0.3 is 4.90 Å². The van der Waals surface area contributed by atoms with Crippen LogP contribution in [-0.2, 0) is 0 Å². The zero-order valence-electron chi connectivity index (χ0n) is 10.2. The summed E-state index contributed by atoms with van der Waals surface area (Å²) in [4.78, 5) is 17.8. The lowest BCUT2D eigenvalue weighted by Crippen LogP contribution is -2.36. The Kier molecular flexibility index (Phi) is 5.22. The average molecular weight is 275 g/mol. The Morgan fingerprint density at radius 1 is 1.41 bits per heavy atom. The van der Waals surface area contributed by atoms with Gasteiger partial charge in [0, 0.05) is 19.3 Å². The Bertz CT molecular complexity index is 405. The third-order valence-corrected chi connectivity index (χ3v) is 3.54. The summed E-state index contributed by atoms with van der Waals surface area (Å²) in [6.07, 6.45) is 3.30. The van der Waals surface area contributed by atoms with Crippen molar-refractivity contribution in [3.63, 3.8) is 0 Å². The van der Waals surface area contributed by atoms with Crippen molar-refractivity contribution >= 4 is 29.1 Å². The highest BCUT2D eigenvalue weighted by Gasteiger charge is 2.19. The van der Waals surface area contributed by atoms with Gasteiger partial charge in [0.25, 0.3) is 5.91 Å². The van der Waals surface area contributed by atoms with Crippen LogP contribution in [0.4, 0.5) is 0 Å². The molecule has 94 valence electrons. The maximum atomic E-state index is 12.2. The Labute approximate surface area is 112 Å². The topological polar surface area (TPSA) is 33.2 Å². The second-order valence-electron chi connectivity index (χ2n) is 3.88. The molecule has 1 amide bonds. The van der Waals surface area contributed by atoms with Crippen molar-refractivity contribution in [3.05, 3.63) is 28.0 Å². The van der Waals surface area contributed by atoms with E-state index in [1.54, 1.807) is 18.0 Å². The first kappa shape index (κ1) is 14.3. The number of halogens is 2. The predicted molar refractivity (Wildman–Crippen MR) is 70.7 cm³/mol. The van der Waals surface area contributed by atoms with E-state index >= 15 is 0 Å². The van der Waals surface area contributed by atoms with Crippen LogP contribution in [0.25, 0.3) is 0 Å². The fraction of sp³-hybridized carbons (Fsp3) is 0.500. The Hall–Kier alpha value is -0.800. The van der Waals surface area contributed by atoms with E-state index in [1.807, 2.05) is 0 Å². The average Bonchev–Trinajstić information content (AvgIpc) is 2.33. The van der Waals surface area contributed by atoms with Crippen molar-refractivity contribution in [2.24, 2.45) is 0 Å². The minimum Gasteiger partial charge on any atom is -0.339 e. The number of amides is 1. The molecule has 1 aromatic rings. The van der Waals surface area contributed by atoms with Crippen molar-refractivity contribution in [2.45, 2.75) is 32.7 Å². The van der Waals surface area contributed by atoms with Gasteiger partial charge in [-0.2, -0.15) is 0 Å². The molecule has 0 spiro atoms. The lowest BCUT2D eigenvalue weighted by molar-refractivity contribution is 0.0723. The molecule has 0 fully saturated rings. The largest absolute Gasteiger partial charge is 0.339 e. The SMILES string of the molecule is CCC(CC)N(C)C(=O)c1cnc(Cl)c(Cl)c1. The van der Waals surface area contributed by atoms with E-state index in [-0.39, 0.29) is 17.1 Å². The first-order valence-corrected chi connectivity index (χ1v) is 6.35. The van der Waals surface area contributed by atoms with Gasteiger partial charge in [-0.05, 0) is 18.9 Å². The van der Waals surface area contributed by atoms with Crippen LogP contribution in [0.1, 0.15) is 37.0 Å². The lowest BCUT2D eigenvalue weighted by atomic mass is 10.1. The molecule has 0 saturated heterocycles. The molecule has 1 aromatic heterocycles. The van der Waals surface area contributed by atoms with Crippen molar-refractivity contribution in [3.8, 4) is 0 Å². The third kappa shape index (κ3) is 3.33. The summed E-state index contributed by atoms with van der Waals surface area (Å²) in [5.74, 6) is -0.0789. The van der Waals surface area contributed by atoms with Gasteiger partial charge in [-0.1, -0.05) is 37.0 Å². The quantitative estimate of drug-likeness (QED) is 0.786. The van der Waals surface area contributed by atoms with E-state index in [9.17, 15) is 4.79 Å². The number of rotatable bonds is 4. The molecular weight excluding hydrogens is 259 g/mol. The van der Waals surface area contributed by atoms with E-state index in [4.69, 9.17) is 23.2 Å². The molecule has 0 N–H and O–H groups in total. The molecular formula is C12H16Cl2N2O. The molecule has 0 radical (unpaired) electrons. The predicted octanol–water partition coefficient (Wildman–Crippen LogP) is 3.65. The highest BCUT2D eigenvalue weighted by atomic mass is 35.5. The second-order valence-corrected chi connectivity index (χ2v) is 4.65. The van der Waals surface area contributed by atoms with Crippen LogP contribution in [-0.4, -0.2) is 28.9 Å². The molecule has 3 nitrogen and oxygen atoms in total. The van der Waals surface area contributed by atoms with Gasteiger partial charge in [0.2, 0.25) is 0 Å². The molecule has 0 aromatic carbocycles. The van der Waals surface area contributed by atoms with Gasteiger partial charge in [0.15, 0.2) is 0 Å². The molecule has 1 rings (SSSR count). The summed E-state index contributed by atoms with van der Waals surface area (Å²) in [5.41, 5.74) is 0.466. The van der Waals surface area contributed by atoms with Gasteiger partial charge in [-0.3, -0.25) is 4.79 Å². The lowest BCUT2D eigenvalue weighted by Gasteiger charge is -2.26. The van der Waals surface area contributed by atoms with Crippen molar-refractivity contribution in [1.29, 1.82) is 0 Å². The summed E-state index contributed by atoms with van der Waals surface area (Å²) in [5, 5.41) is 0.517. The second kappa shape index (κ2) is 6.22. The summed E-state index contributed by atoms with van der Waals surface area (Å²) in [6, 6.07) is 1.79. The Balaban J connectivity index is 2.92. The fourth-order valence-electron chi connectivity index (χ4n) is 1.74. The first-order chi connectivity index (χ1) is 8.01. The summed E-state index contributed by atoms with van der Waals surface area (Å²) < 4.78 is 0. The minimum atomic E-state index is -0.0789. The normalized spacial score (nSPS) is 10.7. The van der Waals surface area contributed by atoms with E-state index in [2.05, 4.69) is 18.8 Å². The van der Waals surface area contributed by atoms with Crippen LogP contribution in [0.5, 0.6) is 0 Å². The molecule has 0 saturated carbocycles. The van der Waals surface area contributed by atoms with Crippen LogP contribution in [0.15, 0.2) is 12.3 Å². The van der Waals surface area contributed by atoms with Crippen LogP contribution in [0.3, 0.4) is 0 Å². The van der Waals surface area contributed by atoms with Crippen LogP contribution in [0.2, 0.25) is 10.2 Å². The zero-order valence-corrected chi connectivity index (χ0v) is 11.7. The van der Waals surface area contributed by atoms with E-state index < -0.39 is 0 Å². The number of hydrogen-bond donors (Lipinski definition) is 0. The van der Waals surface area contributed by atoms with Gasteiger partial charge in [-0.25, -0.2) is 4.98 Å². The zero-order chi connectivity index (χ0) is 13.0. The van der Waals surface area contributed by atoms with Crippen LogP contribution in [0, 0.1) is 0 Å². The molecule has 0 aliphatic carbocycles. The highest BCUT2D eigenvalue weighted by Crippen LogP contribution is 2.21. The first-order valence-electron chi connectivity index (χ1n) is 5.59. The van der Waals surface area contributed by atoms with Crippen molar-refractivity contribution < 1.29 is 4.79 Å². The fourth-order valence-corrected chi connectivity index (χ4v) is 2.01. The third-order valence-electron chi connectivity index (χ3n) is 2.85. The van der Waals surface area contributed by atoms with Gasteiger partial charge in [0.1, 0.15) is 5.15 Å². The van der Waals surface area contributed by atoms with Crippen molar-refractivity contribution in [1.82, 2.24) is 9.88 Å². The smallest absolute Gasteiger partial charge is 0.255 e. The van der Waals surface area contributed by atoms with Gasteiger partial charge >= 0.3 is 0 Å². The Morgan fingerprint density at radius 2 is 2.00 bits per heavy atom. The van der Waals surface area contributed by atoms with Crippen molar-refractivity contribution in [2.75, 3.05) is 7.05 Å². The number of hydrogen-bond acceptors (Lipinski definition) is 2. The number of aromatic nitrogens is 1. The molecule has 0 bridgehead atoms. The molecule has 5 heteroatoms. The van der Waals surface area contributed by atoms with Crippen LogP contribution < -0.4 is 0 Å². The van der Waals surface area contributed by atoms with E-state index in [1.165, 1.54) is 6.20 Å². The number of carbonyl (C=O) groups excluding carboxylic acids is 1.